The molecule has 0 spiro atoms. The van der Waals surface area contributed by atoms with E-state index >= 15 is 0 Å². The molecule has 0 amide bonds. The number of thiophene rings is 1. The van der Waals surface area contributed by atoms with Gasteiger partial charge in [-0.2, -0.15) is 0 Å². The summed E-state index contributed by atoms with van der Waals surface area (Å²) in [6.07, 6.45) is 3.83. The van der Waals surface area contributed by atoms with Crippen LogP contribution < -0.4 is 9.64 Å². The Morgan fingerprint density at radius 1 is 1.00 bits per heavy atom. The van der Waals surface area contributed by atoms with Gasteiger partial charge in [-0.05, 0) is 55.9 Å². The lowest BCUT2D eigenvalue weighted by Crippen LogP contribution is -2.46. The zero-order valence-electron chi connectivity index (χ0n) is 16.3. The number of rotatable bonds is 5. The molecule has 1 aromatic carbocycles. The molecule has 5 heteroatoms. The van der Waals surface area contributed by atoms with Crippen LogP contribution in [-0.2, 0) is 6.54 Å². The monoisotopic (exact) mass is 385 g/mol. The molecule has 0 radical (unpaired) electrons. The Balaban J connectivity index is 1.28. The number of hydrogen-bond donors (Lipinski definition) is 0. The summed E-state index contributed by atoms with van der Waals surface area (Å²) in [5.41, 5.74) is 1.30. The van der Waals surface area contributed by atoms with E-state index in [1.54, 1.807) is 7.11 Å². The molecule has 0 atom stereocenters. The normalized spacial score (nSPS) is 20.6. The van der Waals surface area contributed by atoms with Crippen molar-refractivity contribution in [3.05, 3.63) is 46.7 Å². The van der Waals surface area contributed by atoms with Crippen molar-refractivity contribution in [1.29, 1.82) is 0 Å². The van der Waals surface area contributed by atoms with Crippen molar-refractivity contribution in [3.8, 4) is 5.75 Å². The number of piperidine rings is 1. The molecule has 0 bridgehead atoms. The Morgan fingerprint density at radius 2 is 1.89 bits per heavy atom. The van der Waals surface area contributed by atoms with Gasteiger partial charge in [0.15, 0.2) is 0 Å². The van der Waals surface area contributed by atoms with Crippen LogP contribution in [0.15, 0.2) is 41.8 Å². The zero-order valence-corrected chi connectivity index (χ0v) is 17.2. The van der Waals surface area contributed by atoms with Crippen molar-refractivity contribution in [1.82, 2.24) is 9.80 Å². The second-order valence-electron chi connectivity index (χ2n) is 7.66. The minimum atomic E-state index is 0.744. The largest absolute Gasteiger partial charge is 0.497 e. The molecular weight excluding hydrogens is 354 g/mol. The summed E-state index contributed by atoms with van der Waals surface area (Å²) in [6.45, 7) is 8.32. The highest BCUT2D eigenvalue weighted by molar-refractivity contribution is 7.09. The van der Waals surface area contributed by atoms with Crippen LogP contribution in [0.4, 0.5) is 5.69 Å². The van der Waals surface area contributed by atoms with Crippen molar-refractivity contribution in [2.45, 2.75) is 31.8 Å². The SMILES string of the molecule is COc1cccc(N2CCC(N3CCCN(Cc4cccs4)CC3)CC2)c1. The second kappa shape index (κ2) is 9.09. The number of ether oxygens (including phenoxy) is 1. The molecule has 2 saturated heterocycles. The van der Waals surface area contributed by atoms with E-state index < -0.39 is 0 Å². The van der Waals surface area contributed by atoms with E-state index in [4.69, 9.17) is 4.74 Å². The van der Waals surface area contributed by atoms with Gasteiger partial charge in [0.1, 0.15) is 5.75 Å². The molecule has 4 nitrogen and oxygen atoms in total. The van der Waals surface area contributed by atoms with E-state index in [0.29, 0.717) is 0 Å². The van der Waals surface area contributed by atoms with Gasteiger partial charge in [0.2, 0.25) is 0 Å². The minimum absolute atomic E-state index is 0.744. The molecular formula is C22H31N3OS. The molecule has 3 heterocycles. The molecule has 146 valence electrons. The molecule has 1 aromatic heterocycles. The van der Waals surface area contributed by atoms with E-state index in [1.165, 1.54) is 56.0 Å². The quantitative estimate of drug-likeness (QED) is 0.776. The Morgan fingerprint density at radius 3 is 2.67 bits per heavy atom. The molecule has 2 fully saturated rings. The Kier molecular flexibility index (Phi) is 6.32. The maximum absolute atomic E-state index is 5.38. The molecule has 0 N–H and O–H groups in total. The van der Waals surface area contributed by atoms with E-state index in [2.05, 4.69) is 50.4 Å². The second-order valence-corrected chi connectivity index (χ2v) is 8.70. The fraction of sp³-hybridized carbons (Fsp3) is 0.545. The lowest BCUT2D eigenvalue weighted by molar-refractivity contribution is 0.171. The lowest BCUT2D eigenvalue weighted by Gasteiger charge is -2.39. The predicted octanol–water partition coefficient (Wildman–Crippen LogP) is 3.93. The Labute approximate surface area is 167 Å². The molecule has 2 aliphatic rings. The van der Waals surface area contributed by atoms with Crippen molar-refractivity contribution < 1.29 is 4.74 Å². The number of hydrogen-bond acceptors (Lipinski definition) is 5. The Bertz CT molecular complexity index is 697. The highest BCUT2D eigenvalue weighted by Crippen LogP contribution is 2.26. The minimum Gasteiger partial charge on any atom is -0.497 e. The van der Waals surface area contributed by atoms with Crippen LogP contribution in [0.3, 0.4) is 0 Å². The molecule has 2 aromatic rings. The first-order valence-corrected chi connectivity index (χ1v) is 11.1. The standard InChI is InChI=1S/C22H31N3OS/c1-26-21-6-2-5-20(17-21)25-12-8-19(9-13-25)24-11-4-10-23(14-15-24)18-22-7-3-16-27-22/h2-3,5-7,16-17,19H,4,8-15,18H2,1H3. The van der Waals surface area contributed by atoms with Gasteiger partial charge in [0.05, 0.1) is 7.11 Å². The van der Waals surface area contributed by atoms with Crippen LogP contribution in [0.5, 0.6) is 5.75 Å². The first kappa shape index (κ1) is 18.8. The van der Waals surface area contributed by atoms with Crippen LogP contribution in [0.2, 0.25) is 0 Å². The van der Waals surface area contributed by atoms with E-state index in [9.17, 15) is 0 Å². The summed E-state index contributed by atoms with van der Waals surface area (Å²) in [6, 6.07) is 13.7. The number of methoxy groups -OCH3 is 1. The maximum atomic E-state index is 5.38. The molecule has 2 aliphatic heterocycles. The average molecular weight is 386 g/mol. The van der Waals surface area contributed by atoms with Crippen molar-refractivity contribution in [2.24, 2.45) is 0 Å². The third kappa shape index (κ3) is 4.84. The first-order valence-electron chi connectivity index (χ1n) is 10.2. The topological polar surface area (TPSA) is 19.0 Å². The van der Waals surface area contributed by atoms with Crippen LogP contribution >= 0.6 is 11.3 Å². The van der Waals surface area contributed by atoms with E-state index in [1.807, 2.05) is 17.4 Å². The van der Waals surface area contributed by atoms with Crippen molar-refractivity contribution >= 4 is 17.0 Å². The van der Waals surface area contributed by atoms with Crippen LogP contribution in [0.1, 0.15) is 24.1 Å². The number of nitrogens with zero attached hydrogens (tertiary/aromatic N) is 3. The molecule has 4 rings (SSSR count). The van der Waals surface area contributed by atoms with E-state index in [-0.39, 0.29) is 0 Å². The summed E-state index contributed by atoms with van der Waals surface area (Å²) in [5, 5.41) is 2.19. The highest BCUT2D eigenvalue weighted by Gasteiger charge is 2.26. The maximum Gasteiger partial charge on any atom is 0.120 e. The Hall–Kier alpha value is -1.56. The third-order valence-corrected chi connectivity index (χ3v) is 6.84. The van der Waals surface area contributed by atoms with Gasteiger partial charge in [-0.25, -0.2) is 0 Å². The van der Waals surface area contributed by atoms with Crippen molar-refractivity contribution in [2.75, 3.05) is 51.3 Å². The number of anilines is 1. The van der Waals surface area contributed by atoms with Crippen LogP contribution in [0.25, 0.3) is 0 Å². The molecule has 27 heavy (non-hydrogen) atoms. The smallest absolute Gasteiger partial charge is 0.120 e. The lowest BCUT2D eigenvalue weighted by atomic mass is 10.0. The highest BCUT2D eigenvalue weighted by atomic mass is 32.1. The van der Waals surface area contributed by atoms with Crippen LogP contribution in [-0.4, -0.2) is 62.2 Å². The molecule has 0 aliphatic carbocycles. The summed E-state index contributed by atoms with van der Waals surface area (Å²) < 4.78 is 5.38. The summed E-state index contributed by atoms with van der Waals surface area (Å²) >= 11 is 1.88. The third-order valence-electron chi connectivity index (χ3n) is 5.98. The van der Waals surface area contributed by atoms with Gasteiger partial charge in [-0.15, -0.1) is 11.3 Å². The van der Waals surface area contributed by atoms with Gasteiger partial charge in [-0.1, -0.05) is 12.1 Å². The van der Waals surface area contributed by atoms with E-state index in [0.717, 1.165) is 31.4 Å². The van der Waals surface area contributed by atoms with Crippen LogP contribution in [0, 0.1) is 0 Å². The predicted molar refractivity (Wildman–Crippen MR) is 114 cm³/mol. The summed E-state index contributed by atoms with van der Waals surface area (Å²) in [7, 11) is 1.74. The van der Waals surface area contributed by atoms with Crippen molar-refractivity contribution in [3.63, 3.8) is 0 Å². The number of benzene rings is 1. The summed E-state index contributed by atoms with van der Waals surface area (Å²) in [4.78, 5) is 9.41. The van der Waals surface area contributed by atoms with Gasteiger partial charge in [0.25, 0.3) is 0 Å². The fourth-order valence-electron chi connectivity index (χ4n) is 4.43. The van der Waals surface area contributed by atoms with Gasteiger partial charge in [0, 0.05) is 55.4 Å². The van der Waals surface area contributed by atoms with Gasteiger partial charge in [-0.3, -0.25) is 9.80 Å². The average Bonchev–Trinajstić information content (AvgIpc) is 3.12. The molecule has 0 saturated carbocycles. The first-order chi connectivity index (χ1) is 13.3. The summed E-state index contributed by atoms with van der Waals surface area (Å²) in [5.74, 6) is 0.952. The molecule has 0 unspecified atom stereocenters. The van der Waals surface area contributed by atoms with Gasteiger partial charge < -0.3 is 9.64 Å². The fourth-order valence-corrected chi connectivity index (χ4v) is 5.18. The zero-order chi connectivity index (χ0) is 18.5. The van der Waals surface area contributed by atoms with Gasteiger partial charge >= 0.3 is 0 Å².